The summed E-state index contributed by atoms with van der Waals surface area (Å²) >= 11 is 0. The van der Waals surface area contributed by atoms with Crippen LogP contribution in [-0.2, 0) is 4.79 Å². The van der Waals surface area contributed by atoms with E-state index in [4.69, 9.17) is 0 Å². The van der Waals surface area contributed by atoms with E-state index < -0.39 is 6.10 Å². The lowest BCUT2D eigenvalue weighted by atomic mass is 9.97. The zero-order valence-electron chi connectivity index (χ0n) is 9.53. The van der Waals surface area contributed by atoms with Crippen molar-refractivity contribution in [3.63, 3.8) is 0 Å². The van der Waals surface area contributed by atoms with Gasteiger partial charge in [0, 0.05) is 18.5 Å². The maximum atomic E-state index is 11.9. The van der Waals surface area contributed by atoms with E-state index in [1.165, 1.54) is 0 Å². The number of rotatable bonds is 3. The number of carbonyl (C=O) groups is 1. The smallest absolute Gasteiger partial charge is 0.155 e. The van der Waals surface area contributed by atoms with E-state index in [9.17, 15) is 9.90 Å². The van der Waals surface area contributed by atoms with Crippen LogP contribution in [0.2, 0.25) is 0 Å². The third-order valence-electron chi connectivity index (χ3n) is 2.93. The lowest BCUT2D eigenvalue weighted by molar-refractivity contribution is -0.129. The van der Waals surface area contributed by atoms with Crippen molar-refractivity contribution in [2.75, 3.05) is 6.54 Å². The number of carbonyl (C=O) groups excluding carboxylic acids is 1. The quantitative estimate of drug-likeness (QED) is 0.738. The number of Topliss-reactive ketones (excluding diaryl/α,β-unsaturated/α-hetero) is 1. The number of likely N-dealkylation sites (tertiary alicyclic amines) is 1. The Hall–Kier alpha value is -0.410. The molecule has 82 valence electrons. The summed E-state index contributed by atoms with van der Waals surface area (Å²) in [6.45, 7) is 8.76. The van der Waals surface area contributed by atoms with E-state index in [1.807, 2.05) is 13.8 Å². The van der Waals surface area contributed by atoms with Gasteiger partial charge in [-0.3, -0.25) is 9.69 Å². The van der Waals surface area contributed by atoms with Crippen LogP contribution in [-0.4, -0.2) is 40.5 Å². The second-order valence-electron chi connectivity index (χ2n) is 4.69. The van der Waals surface area contributed by atoms with Crippen LogP contribution in [0.1, 0.15) is 34.1 Å². The third-order valence-corrected chi connectivity index (χ3v) is 2.93. The lowest BCUT2D eigenvalue weighted by Crippen LogP contribution is -2.46. The van der Waals surface area contributed by atoms with Gasteiger partial charge < -0.3 is 5.11 Å². The molecule has 0 spiro atoms. The topological polar surface area (TPSA) is 40.5 Å². The molecule has 3 heteroatoms. The number of aliphatic hydroxyl groups excluding tert-OH is 1. The fraction of sp³-hybridized carbons (Fsp3) is 0.909. The van der Waals surface area contributed by atoms with Gasteiger partial charge in [-0.1, -0.05) is 13.8 Å². The van der Waals surface area contributed by atoms with Crippen LogP contribution < -0.4 is 0 Å². The Kier molecular flexibility index (Phi) is 3.67. The van der Waals surface area contributed by atoms with Crippen molar-refractivity contribution in [1.29, 1.82) is 0 Å². The van der Waals surface area contributed by atoms with Crippen LogP contribution in [0.25, 0.3) is 0 Å². The molecule has 1 rings (SSSR count). The largest absolute Gasteiger partial charge is 0.391 e. The van der Waals surface area contributed by atoms with Gasteiger partial charge in [0.05, 0.1) is 12.1 Å². The van der Waals surface area contributed by atoms with Crippen LogP contribution in [0.5, 0.6) is 0 Å². The molecule has 0 aromatic rings. The van der Waals surface area contributed by atoms with Crippen molar-refractivity contribution in [2.45, 2.75) is 52.3 Å². The molecule has 1 N–H and O–H groups in total. The summed E-state index contributed by atoms with van der Waals surface area (Å²) in [6.07, 6.45) is 0.258. The highest BCUT2D eigenvalue weighted by atomic mass is 16.3. The Morgan fingerprint density at radius 3 is 2.36 bits per heavy atom. The predicted molar refractivity (Wildman–Crippen MR) is 56.1 cm³/mol. The van der Waals surface area contributed by atoms with Gasteiger partial charge in [0.2, 0.25) is 0 Å². The molecule has 1 saturated heterocycles. The second-order valence-corrected chi connectivity index (χ2v) is 4.69. The summed E-state index contributed by atoms with van der Waals surface area (Å²) in [7, 11) is 0. The summed E-state index contributed by atoms with van der Waals surface area (Å²) in [4.78, 5) is 14.0. The Morgan fingerprint density at radius 1 is 1.36 bits per heavy atom. The monoisotopic (exact) mass is 199 g/mol. The number of nitrogens with zero attached hydrogens (tertiary/aromatic N) is 1. The molecule has 0 aromatic carbocycles. The molecule has 1 aliphatic rings. The zero-order chi connectivity index (χ0) is 10.9. The molecular formula is C11H21NO2. The van der Waals surface area contributed by atoms with Crippen LogP contribution >= 0.6 is 0 Å². The van der Waals surface area contributed by atoms with Gasteiger partial charge >= 0.3 is 0 Å². The van der Waals surface area contributed by atoms with Crippen molar-refractivity contribution in [3.05, 3.63) is 0 Å². The summed E-state index contributed by atoms with van der Waals surface area (Å²) in [6, 6.07) is 0.0647. The molecule has 2 atom stereocenters. The predicted octanol–water partition coefficient (Wildman–Crippen LogP) is 1.06. The summed E-state index contributed by atoms with van der Waals surface area (Å²) in [5, 5.41) is 9.77. The molecule has 0 aliphatic carbocycles. The molecular weight excluding hydrogens is 178 g/mol. The standard InChI is InChI=1S/C11H21NO2/c1-7(2)11(14)10-9(13)5-6-12(10)8(3)4/h7-10,13H,5-6H2,1-4H3/t9-,10+/m1/s1. The van der Waals surface area contributed by atoms with E-state index >= 15 is 0 Å². The van der Waals surface area contributed by atoms with Gasteiger partial charge in [-0.15, -0.1) is 0 Å². The van der Waals surface area contributed by atoms with Crippen LogP contribution in [0, 0.1) is 5.92 Å². The molecule has 3 nitrogen and oxygen atoms in total. The zero-order valence-corrected chi connectivity index (χ0v) is 9.53. The van der Waals surface area contributed by atoms with Crippen molar-refractivity contribution < 1.29 is 9.90 Å². The Balaban J connectivity index is 2.76. The average Bonchev–Trinajstić information content (AvgIpc) is 2.45. The number of aliphatic hydroxyl groups is 1. The van der Waals surface area contributed by atoms with E-state index in [0.717, 1.165) is 13.0 Å². The fourth-order valence-corrected chi connectivity index (χ4v) is 2.07. The highest BCUT2D eigenvalue weighted by molar-refractivity contribution is 5.86. The molecule has 1 aliphatic heterocycles. The Labute approximate surface area is 86.1 Å². The van der Waals surface area contributed by atoms with Crippen molar-refractivity contribution in [1.82, 2.24) is 4.90 Å². The Morgan fingerprint density at radius 2 is 1.93 bits per heavy atom. The first-order chi connectivity index (χ1) is 6.45. The number of ketones is 1. The number of hydrogen-bond acceptors (Lipinski definition) is 3. The van der Waals surface area contributed by atoms with Gasteiger partial charge in [0.15, 0.2) is 5.78 Å². The van der Waals surface area contributed by atoms with E-state index in [1.54, 1.807) is 0 Å². The molecule has 0 bridgehead atoms. The SMILES string of the molecule is CC(C)C(=O)[C@@H]1[C@H](O)CCN1C(C)C. The maximum Gasteiger partial charge on any atom is 0.155 e. The van der Waals surface area contributed by atoms with Crippen LogP contribution in [0.15, 0.2) is 0 Å². The lowest BCUT2D eigenvalue weighted by Gasteiger charge is -2.29. The minimum atomic E-state index is -0.465. The first-order valence-corrected chi connectivity index (χ1v) is 5.42. The minimum absolute atomic E-state index is 0.00833. The molecule has 0 radical (unpaired) electrons. The van der Waals surface area contributed by atoms with Gasteiger partial charge in [0.25, 0.3) is 0 Å². The van der Waals surface area contributed by atoms with Crippen LogP contribution in [0.4, 0.5) is 0 Å². The Bertz CT molecular complexity index is 213. The summed E-state index contributed by atoms with van der Waals surface area (Å²) in [5.74, 6) is 0.178. The van der Waals surface area contributed by atoms with Crippen molar-refractivity contribution >= 4 is 5.78 Å². The first kappa shape index (κ1) is 11.7. The van der Waals surface area contributed by atoms with E-state index in [2.05, 4.69) is 18.7 Å². The van der Waals surface area contributed by atoms with E-state index in [-0.39, 0.29) is 17.7 Å². The fourth-order valence-electron chi connectivity index (χ4n) is 2.07. The highest BCUT2D eigenvalue weighted by Gasteiger charge is 2.39. The van der Waals surface area contributed by atoms with Crippen molar-refractivity contribution in [3.8, 4) is 0 Å². The highest BCUT2D eigenvalue weighted by Crippen LogP contribution is 2.23. The number of hydrogen-bond donors (Lipinski definition) is 1. The maximum absolute atomic E-state index is 11.9. The van der Waals surface area contributed by atoms with Crippen molar-refractivity contribution in [2.24, 2.45) is 5.92 Å². The third kappa shape index (κ3) is 2.15. The molecule has 14 heavy (non-hydrogen) atoms. The molecule has 1 fully saturated rings. The molecule has 1 heterocycles. The van der Waals surface area contributed by atoms with Crippen LogP contribution in [0.3, 0.4) is 0 Å². The average molecular weight is 199 g/mol. The normalized spacial score (nSPS) is 29.1. The van der Waals surface area contributed by atoms with Gasteiger partial charge in [-0.2, -0.15) is 0 Å². The first-order valence-electron chi connectivity index (χ1n) is 5.42. The van der Waals surface area contributed by atoms with Gasteiger partial charge in [0.1, 0.15) is 0 Å². The molecule has 0 unspecified atom stereocenters. The molecule has 0 amide bonds. The van der Waals surface area contributed by atoms with Gasteiger partial charge in [-0.05, 0) is 20.3 Å². The van der Waals surface area contributed by atoms with E-state index in [0.29, 0.717) is 6.04 Å². The van der Waals surface area contributed by atoms with Gasteiger partial charge in [-0.25, -0.2) is 0 Å². The molecule has 0 aromatic heterocycles. The summed E-state index contributed by atoms with van der Waals surface area (Å²) in [5.41, 5.74) is 0. The molecule has 0 saturated carbocycles. The summed E-state index contributed by atoms with van der Waals surface area (Å²) < 4.78 is 0. The second kappa shape index (κ2) is 4.41. The minimum Gasteiger partial charge on any atom is -0.391 e.